The average Bonchev–Trinajstić information content (AvgIpc) is 2.41. The number of anilines is 1. The molecule has 0 aliphatic rings. The maximum absolute atomic E-state index is 12.1. The molecule has 0 aromatic carbocycles. The Hall–Kier alpha value is -1.54. The maximum Gasteiger partial charge on any atom is 0.248 e. The standard InChI is InChI=1S/C13H18BN3O2S.C3H9N/c1-8-6-9(2)15-11(7-8)17-12(18)10(4-5-20-3)16-13(14)19;1-4(2)3/h6-7,10H,4-5H2,1-3H3,(H,16,19)(H,15,17,18);1-3H3. The number of nitrogens with one attached hydrogen (secondary N) is 2. The van der Waals surface area contributed by atoms with Crippen molar-refractivity contribution in [2.45, 2.75) is 26.3 Å². The van der Waals surface area contributed by atoms with Gasteiger partial charge in [0.05, 0.1) is 0 Å². The number of nitrogens with zero attached hydrogens (tertiary/aromatic N) is 2. The number of aryl methyl sites for hydroxylation is 2. The van der Waals surface area contributed by atoms with E-state index in [2.05, 4.69) is 15.6 Å². The first-order valence-corrected chi connectivity index (χ1v) is 8.97. The number of hydrogen-bond donors (Lipinski definition) is 2. The molecule has 1 heterocycles. The molecule has 132 valence electrons. The molecule has 0 spiro atoms. The van der Waals surface area contributed by atoms with E-state index in [1.807, 2.05) is 52.2 Å². The minimum atomic E-state index is -0.709. The number of amides is 2. The van der Waals surface area contributed by atoms with Gasteiger partial charge in [-0.05, 0) is 71.1 Å². The molecular weight excluding hydrogens is 323 g/mol. The first-order valence-electron chi connectivity index (χ1n) is 7.57. The summed E-state index contributed by atoms with van der Waals surface area (Å²) in [7, 11) is 11.1. The molecule has 0 fully saturated rings. The number of aromatic nitrogens is 1. The van der Waals surface area contributed by atoms with Gasteiger partial charge in [-0.3, -0.25) is 9.59 Å². The van der Waals surface area contributed by atoms with Gasteiger partial charge in [-0.2, -0.15) is 11.8 Å². The number of thioether (sulfide) groups is 1. The van der Waals surface area contributed by atoms with Crippen LogP contribution in [0.15, 0.2) is 12.1 Å². The Morgan fingerprint density at radius 1 is 1.29 bits per heavy atom. The SMILES string of the molecule is CN(C)C.[B]C(=O)NC(CCSC)C(=O)Nc1cc(C)cc(C)n1. The van der Waals surface area contributed by atoms with Gasteiger partial charge in [-0.1, -0.05) is 0 Å². The zero-order valence-corrected chi connectivity index (χ0v) is 16.2. The van der Waals surface area contributed by atoms with Crippen molar-refractivity contribution in [3.05, 3.63) is 23.4 Å². The third kappa shape index (κ3) is 11.1. The quantitative estimate of drug-likeness (QED) is 0.766. The molecule has 0 saturated carbocycles. The molecule has 6 nitrogen and oxygen atoms in total. The number of rotatable bonds is 6. The van der Waals surface area contributed by atoms with Crippen LogP contribution in [0.2, 0.25) is 0 Å². The minimum absolute atomic E-state index is 0.310. The first-order chi connectivity index (χ1) is 11.1. The average molecular weight is 350 g/mol. The van der Waals surface area contributed by atoms with Crippen LogP contribution in [0, 0.1) is 13.8 Å². The van der Waals surface area contributed by atoms with Gasteiger partial charge in [-0.15, -0.1) is 0 Å². The maximum atomic E-state index is 12.1. The van der Waals surface area contributed by atoms with E-state index in [0.29, 0.717) is 12.2 Å². The molecule has 0 saturated heterocycles. The fourth-order valence-corrected chi connectivity index (χ4v) is 2.27. The van der Waals surface area contributed by atoms with Crippen LogP contribution in [0.25, 0.3) is 0 Å². The molecule has 1 rings (SSSR count). The van der Waals surface area contributed by atoms with Crippen molar-refractivity contribution >= 4 is 37.1 Å². The third-order valence-corrected chi connectivity index (χ3v) is 3.24. The largest absolute Gasteiger partial charge is 0.354 e. The highest BCUT2D eigenvalue weighted by Crippen LogP contribution is 2.10. The molecule has 1 aromatic rings. The lowest BCUT2D eigenvalue weighted by Crippen LogP contribution is -2.43. The van der Waals surface area contributed by atoms with Crippen molar-refractivity contribution in [2.24, 2.45) is 0 Å². The highest BCUT2D eigenvalue weighted by Gasteiger charge is 2.19. The monoisotopic (exact) mass is 350 g/mol. The van der Waals surface area contributed by atoms with Gasteiger partial charge < -0.3 is 15.5 Å². The third-order valence-electron chi connectivity index (χ3n) is 2.59. The van der Waals surface area contributed by atoms with Crippen molar-refractivity contribution in [2.75, 3.05) is 38.5 Å². The van der Waals surface area contributed by atoms with Crippen molar-refractivity contribution in [3.8, 4) is 0 Å². The summed E-state index contributed by atoms with van der Waals surface area (Å²) < 4.78 is 0. The van der Waals surface area contributed by atoms with E-state index < -0.39 is 11.8 Å². The van der Waals surface area contributed by atoms with Crippen LogP contribution in [0.3, 0.4) is 0 Å². The van der Waals surface area contributed by atoms with Gasteiger partial charge in [0.2, 0.25) is 13.8 Å². The van der Waals surface area contributed by atoms with Gasteiger partial charge in [0.1, 0.15) is 11.9 Å². The van der Waals surface area contributed by atoms with Gasteiger partial charge in [0.15, 0.2) is 5.81 Å². The smallest absolute Gasteiger partial charge is 0.248 e. The molecule has 24 heavy (non-hydrogen) atoms. The van der Waals surface area contributed by atoms with Crippen LogP contribution < -0.4 is 10.6 Å². The fourth-order valence-electron chi connectivity index (χ4n) is 1.79. The molecule has 1 atom stereocenters. The van der Waals surface area contributed by atoms with E-state index in [9.17, 15) is 9.59 Å². The van der Waals surface area contributed by atoms with Crippen molar-refractivity contribution < 1.29 is 9.59 Å². The van der Waals surface area contributed by atoms with E-state index in [-0.39, 0.29) is 5.91 Å². The van der Waals surface area contributed by atoms with Crippen LogP contribution in [0.4, 0.5) is 10.6 Å². The highest BCUT2D eigenvalue weighted by molar-refractivity contribution is 7.98. The fraction of sp³-hybridized carbons (Fsp3) is 0.562. The molecule has 8 heteroatoms. The second-order valence-corrected chi connectivity index (χ2v) is 6.83. The summed E-state index contributed by atoms with van der Waals surface area (Å²) in [5.74, 6) is 0.210. The Balaban J connectivity index is 0.00000118. The molecule has 0 bridgehead atoms. The Labute approximate surface area is 150 Å². The molecule has 2 radical (unpaired) electrons. The lowest BCUT2D eigenvalue weighted by atomic mass is 10.1. The van der Waals surface area contributed by atoms with E-state index in [1.54, 1.807) is 17.8 Å². The topological polar surface area (TPSA) is 74.3 Å². The zero-order chi connectivity index (χ0) is 18.7. The van der Waals surface area contributed by atoms with Gasteiger partial charge in [0, 0.05) is 5.69 Å². The molecular formula is C16H27BN4O2S. The summed E-state index contributed by atoms with van der Waals surface area (Å²) in [6, 6.07) is 3.05. The number of carbonyl (C=O) groups is 2. The Morgan fingerprint density at radius 2 is 1.88 bits per heavy atom. The summed E-state index contributed by atoms with van der Waals surface area (Å²) in [6.45, 7) is 3.78. The second kappa shape index (κ2) is 11.9. The molecule has 0 aliphatic heterocycles. The minimum Gasteiger partial charge on any atom is -0.354 e. The van der Waals surface area contributed by atoms with E-state index in [0.717, 1.165) is 17.0 Å². The first kappa shape index (κ1) is 22.5. The Morgan fingerprint density at radius 3 is 2.33 bits per heavy atom. The Kier molecular flexibility index (Phi) is 11.2. The molecule has 0 aliphatic carbocycles. The molecule has 1 aromatic heterocycles. The lowest BCUT2D eigenvalue weighted by Gasteiger charge is -2.17. The number of carbonyl (C=O) groups excluding carboxylic acids is 2. The number of hydrogen-bond acceptors (Lipinski definition) is 5. The summed E-state index contributed by atoms with van der Waals surface area (Å²) in [5, 5.41) is 5.16. The molecule has 2 N–H and O–H groups in total. The predicted molar refractivity (Wildman–Crippen MR) is 103 cm³/mol. The van der Waals surface area contributed by atoms with E-state index >= 15 is 0 Å². The van der Waals surface area contributed by atoms with E-state index in [4.69, 9.17) is 7.85 Å². The zero-order valence-electron chi connectivity index (χ0n) is 15.3. The van der Waals surface area contributed by atoms with Crippen molar-refractivity contribution in [3.63, 3.8) is 0 Å². The number of pyridine rings is 1. The van der Waals surface area contributed by atoms with Crippen molar-refractivity contribution in [1.29, 1.82) is 0 Å². The normalized spacial score (nSPS) is 11.3. The van der Waals surface area contributed by atoms with E-state index in [1.165, 1.54) is 0 Å². The van der Waals surface area contributed by atoms with Gasteiger partial charge in [-0.25, -0.2) is 4.98 Å². The second-order valence-electron chi connectivity index (χ2n) is 5.84. The van der Waals surface area contributed by atoms with Gasteiger partial charge >= 0.3 is 0 Å². The highest BCUT2D eigenvalue weighted by atomic mass is 32.2. The molecule has 1 unspecified atom stereocenters. The summed E-state index contributed by atoms with van der Waals surface area (Å²) in [5.41, 5.74) is 1.83. The van der Waals surface area contributed by atoms with Crippen LogP contribution in [0.1, 0.15) is 17.7 Å². The van der Waals surface area contributed by atoms with Crippen LogP contribution >= 0.6 is 11.8 Å². The Bertz CT molecular complexity index is 518. The molecule has 2 amide bonds. The summed E-state index contributed by atoms with van der Waals surface area (Å²) >= 11 is 1.60. The van der Waals surface area contributed by atoms with Crippen LogP contribution in [-0.2, 0) is 4.79 Å². The lowest BCUT2D eigenvalue weighted by molar-refractivity contribution is -0.117. The summed E-state index contributed by atoms with van der Waals surface area (Å²) in [4.78, 5) is 29.3. The predicted octanol–water partition coefficient (Wildman–Crippen LogP) is 1.81. The summed E-state index contributed by atoms with van der Waals surface area (Å²) in [6.07, 6.45) is 2.45. The van der Waals surface area contributed by atoms with Gasteiger partial charge in [0.25, 0.3) is 0 Å². The van der Waals surface area contributed by atoms with Crippen LogP contribution in [-0.4, -0.2) is 68.6 Å². The van der Waals surface area contributed by atoms with Crippen LogP contribution in [0.5, 0.6) is 0 Å². The van der Waals surface area contributed by atoms with Crippen molar-refractivity contribution in [1.82, 2.24) is 15.2 Å².